The van der Waals surface area contributed by atoms with E-state index in [2.05, 4.69) is 38.1 Å². The first kappa shape index (κ1) is 24.4. The van der Waals surface area contributed by atoms with E-state index >= 15 is 0 Å². The van der Waals surface area contributed by atoms with Gasteiger partial charge in [-0.25, -0.2) is 0 Å². The molecule has 0 aliphatic carbocycles. The Morgan fingerprint density at radius 1 is 0.500 bits per heavy atom. The van der Waals surface area contributed by atoms with Crippen molar-refractivity contribution in [3.8, 4) is 0 Å². The van der Waals surface area contributed by atoms with E-state index < -0.39 is 0 Å². The maximum Gasteiger partial charge on any atom is 0.113 e. The van der Waals surface area contributed by atoms with Crippen LogP contribution in [0.4, 0.5) is 0 Å². The summed E-state index contributed by atoms with van der Waals surface area (Å²) in [6.45, 7) is 4.54. The lowest BCUT2D eigenvalue weighted by Gasteiger charge is -2.26. The third-order valence-corrected chi connectivity index (χ3v) is 6.85. The molecule has 0 saturated heterocycles. The van der Waals surface area contributed by atoms with Crippen molar-refractivity contribution in [3.05, 3.63) is 48.5 Å². The van der Waals surface area contributed by atoms with Gasteiger partial charge in [0.05, 0.1) is 12.1 Å². The zero-order valence-corrected chi connectivity index (χ0v) is 20.9. The van der Waals surface area contributed by atoms with Crippen LogP contribution in [-0.4, -0.2) is 30.0 Å². The van der Waals surface area contributed by atoms with Crippen LogP contribution >= 0.6 is 0 Å². The van der Waals surface area contributed by atoms with E-state index in [0.29, 0.717) is 0 Å². The van der Waals surface area contributed by atoms with E-state index in [1.165, 1.54) is 64.2 Å². The van der Waals surface area contributed by atoms with Crippen LogP contribution < -0.4 is 0 Å². The predicted octanol–water partition coefficient (Wildman–Crippen LogP) is 7.68. The van der Waals surface area contributed by atoms with Gasteiger partial charge in [-0.15, -0.1) is 0 Å². The number of benzene rings is 2. The molecule has 2 heterocycles. The summed E-state index contributed by atoms with van der Waals surface area (Å²) >= 11 is 0. The highest BCUT2D eigenvalue weighted by atomic mass is 15.5. The molecule has 34 heavy (non-hydrogen) atoms. The van der Waals surface area contributed by atoms with Crippen molar-refractivity contribution in [2.24, 2.45) is 0 Å². The normalized spacial score (nSPS) is 13.6. The minimum Gasteiger partial charge on any atom is -0.178 e. The number of nitrogens with zero attached hydrogens (tertiary/aromatic N) is 6. The van der Waals surface area contributed by atoms with Crippen molar-refractivity contribution in [1.82, 2.24) is 30.0 Å². The van der Waals surface area contributed by atoms with Crippen LogP contribution in [0.1, 0.15) is 103 Å². The fourth-order valence-corrected chi connectivity index (χ4v) is 4.89. The molecule has 0 aliphatic heterocycles. The average molecular weight is 461 g/mol. The fourth-order valence-electron chi connectivity index (χ4n) is 4.89. The van der Waals surface area contributed by atoms with Crippen molar-refractivity contribution >= 4 is 22.1 Å². The van der Waals surface area contributed by atoms with Gasteiger partial charge in [0, 0.05) is 0 Å². The van der Waals surface area contributed by atoms with Crippen LogP contribution in [0.5, 0.6) is 0 Å². The van der Waals surface area contributed by atoms with Crippen LogP contribution in [-0.2, 0) is 0 Å². The number of unbranched alkanes of at least 4 members (excludes halogenated alkanes) is 8. The van der Waals surface area contributed by atoms with E-state index in [4.69, 9.17) is 20.4 Å². The molecule has 0 N–H and O–H groups in total. The molecular weight excluding hydrogens is 420 g/mol. The summed E-state index contributed by atoms with van der Waals surface area (Å²) < 4.78 is 0. The minimum atomic E-state index is 0.141. The van der Waals surface area contributed by atoms with Crippen LogP contribution in [0.15, 0.2) is 48.5 Å². The smallest absolute Gasteiger partial charge is 0.113 e. The number of hydrogen-bond donors (Lipinski definition) is 0. The molecule has 0 amide bonds. The highest BCUT2D eigenvalue weighted by Gasteiger charge is 2.28. The Morgan fingerprint density at radius 3 is 1.15 bits per heavy atom. The Hall–Kier alpha value is -2.76. The van der Waals surface area contributed by atoms with E-state index in [1.54, 1.807) is 0 Å². The van der Waals surface area contributed by atoms with Crippen LogP contribution in [0, 0.1) is 0 Å². The van der Waals surface area contributed by atoms with E-state index in [1.807, 2.05) is 33.9 Å². The molecule has 6 nitrogen and oxygen atoms in total. The fraction of sp³-hybridized carbons (Fsp3) is 0.571. The van der Waals surface area contributed by atoms with Crippen molar-refractivity contribution in [1.29, 1.82) is 0 Å². The van der Waals surface area contributed by atoms with Crippen molar-refractivity contribution in [3.63, 3.8) is 0 Å². The summed E-state index contributed by atoms with van der Waals surface area (Å²) in [6, 6.07) is 16.6. The van der Waals surface area contributed by atoms with Gasteiger partial charge in [-0.05, 0) is 37.1 Å². The van der Waals surface area contributed by atoms with Gasteiger partial charge in [-0.3, -0.25) is 0 Å². The third-order valence-electron chi connectivity index (χ3n) is 6.85. The second-order valence-corrected chi connectivity index (χ2v) is 9.56. The minimum absolute atomic E-state index is 0.141. The molecule has 0 aliphatic rings. The summed E-state index contributed by atoms with van der Waals surface area (Å²) in [5, 5.41) is 19.7. The number of hydrogen-bond acceptors (Lipinski definition) is 4. The maximum atomic E-state index is 4.92. The number of rotatable bonds is 15. The Kier molecular flexibility index (Phi) is 9.05. The Morgan fingerprint density at radius 2 is 0.824 bits per heavy atom. The maximum absolute atomic E-state index is 4.92. The van der Waals surface area contributed by atoms with E-state index in [-0.39, 0.29) is 12.1 Å². The molecule has 2 atom stereocenters. The summed E-state index contributed by atoms with van der Waals surface area (Å²) in [4.78, 5) is 3.96. The molecule has 4 aromatic rings. The molecular formula is C28H40N6. The lowest BCUT2D eigenvalue weighted by Crippen LogP contribution is -2.27. The topological polar surface area (TPSA) is 61.4 Å². The first-order valence-corrected chi connectivity index (χ1v) is 13.4. The SMILES string of the molecule is CCCCCCC[C@H]([C@@H](CCCCCCC)n1nc2ccccc2n1)n1nc2ccccc2n1. The summed E-state index contributed by atoms with van der Waals surface area (Å²) in [7, 11) is 0. The standard InChI is InChI=1S/C28H40N6/c1-3-5-7-9-11-21-27(33-29-23-17-13-14-18-24(23)30-33)28(22-12-10-8-6-4-2)34-31-25-19-15-16-20-26(25)32-34/h13-20,27-28H,3-12,21-22H2,1-2H3/t27-,28-/m1/s1. The van der Waals surface area contributed by atoms with Gasteiger partial charge in [0.2, 0.25) is 0 Å². The van der Waals surface area contributed by atoms with Crippen molar-refractivity contribution < 1.29 is 0 Å². The molecule has 0 radical (unpaired) electrons. The molecule has 0 spiro atoms. The summed E-state index contributed by atoms with van der Waals surface area (Å²) in [5.74, 6) is 0. The lowest BCUT2D eigenvalue weighted by atomic mass is 9.96. The van der Waals surface area contributed by atoms with Crippen LogP contribution in [0.3, 0.4) is 0 Å². The van der Waals surface area contributed by atoms with Gasteiger partial charge in [0.25, 0.3) is 0 Å². The number of aromatic nitrogens is 6. The molecule has 0 bridgehead atoms. The molecule has 2 aromatic heterocycles. The van der Waals surface area contributed by atoms with Gasteiger partial charge in [0.1, 0.15) is 22.1 Å². The average Bonchev–Trinajstić information content (AvgIpc) is 3.48. The van der Waals surface area contributed by atoms with E-state index in [9.17, 15) is 0 Å². The molecule has 4 rings (SSSR count). The molecule has 0 unspecified atom stereocenters. The number of fused-ring (bicyclic) bond motifs is 2. The van der Waals surface area contributed by atoms with E-state index in [0.717, 1.165) is 34.9 Å². The van der Waals surface area contributed by atoms with Crippen molar-refractivity contribution in [2.45, 2.75) is 103 Å². The highest BCUT2D eigenvalue weighted by Crippen LogP contribution is 2.33. The molecule has 0 fully saturated rings. The van der Waals surface area contributed by atoms with Gasteiger partial charge < -0.3 is 0 Å². The molecule has 182 valence electrons. The molecule has 0 saturated carbocycles. The zero-order chi connectivity index (χ0) is 23.6. The predicted molar refractivity (Wildman–Crippen MR) is 140 cm³/mol. The largest absolute Gasteiger partial charge is 0.178 e. The second kappa shape index (κ2) is 12.6. The van der Waals surface area contributed by atoms with Gasteiger partial charge in [-0.1, -0.05) is 102 Å². The lowest BCUT2D eigenvalue weighted by molar-refractivity contribution is 0.211. The molecule has 6 heteroatoms. The van der Waals surface area contributed by atoms with Gasteiger partial charge >= 0.3 is 0 Å². The van der Waals surface area contributed by atoms with Crippen LogP contribution in [0.25, 0.3) is 22.1 Å². The first-order chi connectivity index (χ1) is 16.8. The quantitative estimate of drug-likeness (QED) is 0.171. The second-order valence-electron chi connectivity index (χ2n) is 9.56. The molecule has 2 aromatic carbocycles. The monoisotopic (exact) mass is 460 g/mol. The van der Waals surface area contributed by atoms with Crippen LogP contribution in [0.2, 0.25) is 0 Å². The highest BCUT2D eigenvalue weighted by molar-refractivity contribution is 5.73. The van der Waals surface area contributed by atoms with Gasteiger partial charge in [0.15, 0.2) is 0 Å². The third kappa shape index (κ3) is 6.22. The zero-order valence-electron chi connectivity index (χ0n) is 20.9. The first-order valence-electron chi connectivity index (χ1n) is 13.4. The summed E-state index contributed by atoms with van der Waals surface area (Å²) in [5.41, 5.74) is 3.83. The Bertz CT molecular complexity index is 974. The van der Waals surface area contributed by atoms with Gasteiger partial charge in [-0.2, -0.15) is 30.0 Å². The summed E-state index contributed by atoms with van der Waals surface area (Å²) in [6.07, 6.45) is 14.7. The van der Waals surface area contributed by atoms with Crippen molar-refractivity contribution in [2.75, 3.05) is 0 Å². The Balaban J connectivity index is 1.63. The Labute approximate surface area is 203 Å².